The first-order chi connectivity index (χ1) is 12.1. The highest BCUT2D eigenvalue weighted by Gasteiger charge is 2.43. The molecule has 1 amide bonds. The minimum absolute atomic E-state index is 0.0629. The number of carbonyl (C=O) groups excluding carboxylic acids is 1. The van der Waals surface area contributed by atoms with Crippen LogP contribution in [0.25, 0.3) is 0 Å². The van der Waals surface area contributed by atoms with E-state index in [1.165, 1.54) is 12.1 Å². The van der Waals surface area contributed by atoms with Crippen LogP contribution < -0.4 is 0 Å². The number of halogens is 1. The van der Waals surface area contributed by atoms with Gasteiger partial charge in [0.25, 0.3) is 5.91 Å². The maximum atomic E-state index is 13.5. The Hall–Kier alpha value is -1.50. The van der Waals surface area contributed by atoms with Gasteiger partial charge in [0.1, 0.15) is 5.82 Å². The monoisotopic (exact) mass is 350 g/mol. The fraction of sp³-hybridized carbons (Fsp3) is 0.632. The smallest absolute Gasteiger partial charge is 0.254 e. The van der Waals surface area contributed by atoms with E-state index in [2.05, 4.69) is 11.8 Å². The average Bonchev–Trinajstić information content (AvgIpc) is 2.99. The Kier molecular flexibility index (Phi) is 6.04. The number of benzene rings is 1. The summed E-state index contributed by atoms with van der Waals surface area (Å²) in [5.74, 6) is -0.0351. The van der Waals surface area contributed by atoms with Crippen molar-refractivity contribution in [1.29, 1.82) is 0 Å². The summed E-state index contributed by atoms with van der Waals surface area (Å²) >= 11 is 0. The highest BCUT2D eigenvalue weighted by atomic mass is 19.1. The molecule has 1 aromatic rings. The van der Waals surface area contributed by atoms with E-state index in [9.17, 15) is 14.3 Å². The Balaban J connectivity index is 1.76. The van der Waals surface area contributed by atoms with Crippen molar-refractivity contribution < 1.29 is 19.0 Å². The van der Waals surface area contributed by atoms with Crippen LogP contribution in [0.15, 0.2) is 24.3 Å². The summed E-state index contributed by atoms with van der Waals surface area (Å²) in [7, 11) is 0. The third-order valence-electron chi connectivity index (χ3n) is 5.55. The maximum Gasteiger partial charge on any atom is 0.254 e. The molecule has 3 atom stereocenters. The number of carbonyl (C=O) groups is 1. The molecule has 138 valence electrons. The summed E-state index contributed by atoms with van der Waals surface area (Å²) in [6.45, 7) is 6.80. The number of aliphatic hydroxyl groups is 1. The Morgan fingerprint density at radius 1 is 1.36 bits per heavy atom. The Morgan fingerprint density at radius 2 is 2.12 bits per heavy atom. The lowest BCUT2D eigenvalue weighted by molar-refractivity contribution is 0.0206. The zero-order valence-corrected chi connectivity index (χ0v) is 14.7. The first-order valence-electron chi connectivity index (χ1n) is 9.11. The van der Waals surface area contributed by atoms with Gasteiger partial charge < -0.3 is 14.7 Å². The fourth-order valence-electron chi connectivity index (χ4n) is 4.11. The maximum absolute atomic E-state index is 13.5. The van der Waals surface area contributed by atoms with Crippen LogP contribution in [-0.4, -0.2) is 72.9 Å². The summed E-state index contributed by atoms with van der Waals surface area (Å²) in [5.41, 5.74) is 0.348. The van der Waals surface area contributed by atoms with E-state index in [1.807, 2.05) is 0 Å². The van der Waals surface area contributed by atoms with Crippen molar-refractivity contribution >= 4 is 5.91 Å². The van der Waals surface area contributed by atoms with Crippen LogP contribution in [-0.2, 0) is 4.74 Å². The zero-order chi connectivity index (χ0) is 17.8. The minimum atomic E-state index is -0.414. The standard InChI is InChI=1S/C19H27FN2O3/c1-2-14-11-22(19(24)15-4-3-5-16(20)10-15)18(13-23)17(14)12-21-6-8-25-9-7-21/h3-5,10,14,17-18,23H,2,6-9,11-13H2,1H3/t14-,17-,18-/m1/s1. The van der Waals surface area contributed by atoms with Gasteiger partial charge in [-0.05, 0) is 30.0 Å². The molecule has 2 saturated heterocycles. The van der Waals surface area contributed by atoms with Crippen LogP contribution >= 0.6 is 0 Å². The molecule has 5 nitrogen and oxygen atoms in total. The van der Waals surface area contributed by atoms with Crippen molar-refractivity contribution in [2.75, 3.05) is 46.0 Å². The van der Waals surface area contributed by atoms with Crippen LogP contribution in [0.3, 0.4) is 0 Å². The van der Waals surface area contributed by atoms with Crippen LogP contribution in [0.1, 0.15) is 23.7 Å². The molecule has 1 aromatic carbocycles. The molecule has 0 radical (unpaired) electrons. The van der Waals surface area contributed by atoms with Crippen molar-refractivity contribution in [2.45, 2.75) is 19.4 Å². The molecule has 0 aliphatic carbocycles. The summed E-state index contributed by atoms with van der Waals surface area (Å²) in [5, 5.41) is 9.99. The van der Waals surface area contributed by atoms with E-state index in [-0.39, 0.29) is 24.5 Å². The molecular formula is C19H27FN2O3. The fourth-order valence-corrected chi connectivity index (χ4v) is 4.11. The summed E-state index contributed by atoms with van der Waals surface area (Å²) in [6.07, 6.45) is 0.957. The van der Waals surface area contributed by atoms with Gasteiger partial charge in [0.05, 0.1) is 25.9 Å². The lowest BCUT2D eigenvalue weighted by atomic mass is 9.88. The third kappa shape index (κ3) is 4.02. The van der Waals surface area contributed by atoms with Gasteiger partial charge in [0.2, 0.25) is 0 Å². The molecule has 25 heavy (non-hydrogen) atoms. The number of aliphatic hydroxyl groups excluding tert-OH is 1. The lowest BCUT2D eigenvalue weighted by Crippen LogP contribution is -2.46. The topological polar surface area (TPSA) is 53.0 Å². The average molecular weight is 350 g/mol. The second-order valence-corrected chi connectivity index (χ2v) is 6.96. The Morgan fingerprint density at radius 3 is 2.76 bits per heavy atom. The van der Waals surface area contributed by atoms with E-state index < -0.39 is 5.82 Å². The van der Waals surface area contributed by atoms with Crippen molar-refractivity contribution in [1.82, 2.24) is 9.80 Å². The summed E-state index contributed by atoms with van der Waals surface area (Å²) in [4.78, 5) is 17.0. The normalized spacial score (nSPS) is 27.6. The van der Waals surface area contributed by atoms with Gasteiger partial charge in [-0.25, -0.2) is 4.39 Å². The molecule has 3 rings (SSSR count). The molecule has 2 aliphatic heterocycles. The SMILES string of the molecule is CC[C@@H]1CN(C(=O)c2cccc(F)c2)[C@H](CO)[C@@H]1CN1CCOCC1. The molecule has 0 aromatic heterocycles. The number of amides is 1. The predicted octanol–water partition coefficient (Wildman–Crippen LogP) is 1.62. The highest BCUT2D eigenvalue weighted by Crippen LogP contribution is 2.34. The highest BCUT2D eigenvalue weighted by molar-refractivity contribution is 5.94. The van der Waals surface area contributed by atoms with Gasteiger partial charge in [-0.2, -0.15) is 0 Å². The number of rotatable bonds is 5. The first-order valence-corrected chi connectivity index (χ1v) is 9.11. The van der Waals surface area contributed by atoms with E-state index in [1.54, 1.807) is 17.0 Å². The molecule has 0 saturated carbocycles. The Labute approximate surface area is 148 Å². The number of nitrogens with zero attached hydrogens (tertiary/aromatic N) is 2. The van der Waals surface area contributed by atoms with Gasteiger partial charge in [-0.15, -0.1) is 0 Å². The van der Waals surface area contributed by atoms with E-state index in [4.69, 9.17) is 4.74 Å². The Bertz CT molecular complexity index is 592. The molecule has 0 unspecified atom stereocenters. The first kappa shape index (κ1) is 18.3. The van der Waals surface area contributed by atoms with Crippen molar-refractivity contribution in [3.63, 3.8) is 0 Å². The van der Waals surface area contributed by atoms with E-state index in [0.29, 0.717) is 18.0 Å². The molecule has 2 heterocycles. The van der Waals surface area contributed by atoms with Crippen molar-refractivity contribution in [2.24, 2.45) is 11.8 Å². The van der Waals surface area contributed by atoms with Crippen molar-refractivity contribution in [3.05, 3.63) is 35.6 Å². The molecule has 1 N–H and O–H groups in total. The number of morpholine rings is 1. The van der Waals surface area contributed by atoms with Gasteiger partial charge in [0.15, 0.2) is 0 Å². The molecule has 0 spiro atoms. The molecule has 2 fully saturated rings. The second kappa shape index (κ2) is 8.25. The minimum Gasteiger partial charge on any atom is -0.394 e. The van der Waals surface area contributed by atoms with E-state index >= 15 is 0 Å². The van der Waals surface area contributed by atoms with Gasteiger partial charge in [-0.3, -0.25) is 9.69 Å². The quantitative estimate of drug-likeness (QED) is 0.877. The molecular weight excluding hydrogens is 323 g/mol. The predicted molar refractivity (Wildman–Crippen MR) is 92.8 cm³/mol. The third-order valence-corrected chi connectivity index (χ3v) is 5.55. The summed E-state index contributed by atoms with van der Waals surface area (Å²) in [6, 6.07) is 5.57. The molecule has 2 aliphatic rings. The van der Waals surface area contributed by atoms with Gasteiger partial charge in [-0.1, -0.05) is 19.4 Å². The van der Waals surface area contributed by atoms with Gasteiger partial charge in [0, 0.05) is 31.7 Å². The number of ether oxygens (including phenoxy) is 1. The van der Waals surface area contributed by atoms with E-state index in [0.717, 1.165) is 39.3 Å². The largest absolute Gasteiger partial charge is 0.394 e. The second-order valence-electron chi connectivity index (χ2n) is 6.96. The van der Waals surface area contributed by atoms with Crippen LogP contribution in [0.2, 0.25) is 0 Å². The summed E-state index contributed by atoms with van der Waals surface area (Å²) < 4.78 is 18.9. The lowest BCUT2D eigenvalue weighted by Gasteiger charge is -2.33. The van der Waals surface area contributed by atoms with Gasteiger partial charge >= 0.3 is 0 Å². The number of hydrogen-bond acceptors (Lipinski definition) is 4. The molecule has 0 bridgehead atoms. The van der Waals surface area contributed by atoms with Crippen LogP contribution in [0.5, 0.6) is 0 Å². The number of hydrogen-bond donors (Lipinski definition) is 1. The zero-order valence-electron chi connectivity index (χ0n) is 14.7. The molecule has 6 heteroatoms. The van der Waals surface area contributed by atoms with Crippen LogP contribution in [0.4, 0.5) is 4.39 Å². The number of likely N-dealkylation sites (tertiary alicyclic amines) is 1. The van der Waals surface area contributed by atoms with Crippen LogP contribution in [0, 0.1) is 17.7 Å². The van der Waals surface area contributed by atoms with Crippen molar-refractivity contribution in [3.8, 4) is 0 Å².